The second kappa shape index (κ2) is 6.14. The molecular formula is C13H17FN2O2. The first-order valence-corrected chi connectivity index (χ1v) is 5.69. The number of amides is 2. The molecule has 0 aliphatic carbocycles. The van der Waals surface area contributed by atoms with Crippen molar-refractivity contribution in [2.75, 3.05) is 7.05 Å². The van der Waals surface area contributed by atoms with Gasteiger partial charge in [-0.15, -0.1) is 0 Å². The third kappa shape index (κ3) is 3.55. The van der Waals surface area contributed by atoms with Crippen LogP contribution in [-0.2, 0) is 16.1 Å². The summed E-state index contributed by atoms with van der Waals surface area (Å²) in [5, 5.41) is 2.50. The van der Waals surface area contributed by atoms with Crippen LogP contribution in [0.5, 0.6) is 0 Å². The van der Waals surface area contributed by atoms with Crippen LogP contribution in [0.15, 0.2) is 24.3 Å². The van der Waals surface area contributed by atoms with Gasteiger partial charge in [-0.1, -0.05) is 12.1 Å². The van der Waals surface area contributed by atoms with E-state index in [1.54, 1.807) is 19.1 Å². The Morgan fingerprint density at radius 1 is 1.33 bits per heavy atom. The van der Waals surface area contributed by atoms with Crippen LogP contribution < -0.4 is 5.32 Å². The van der Waals surface area contributed by atoms with Crippen molar-refractivity contribution in [1.29, 1.82) is 0 Å². The van der Waals surface area contributed by atoms with Crippen molar-refractivity contribution in [3.05, 3.63) is 35.6 Å². The Hall–Kier alpha value is -1.91. The minimum absolute atomic E-state index is 0.199. The molecule has 1 aromatic carbocycles. The first kappa shape index (κ1) is 14.2. The number of benzene rings is 1. The molecule has 1 rings (SSSR count). The van der Waals surface area contributed by atoms with Gasteiger partial charge in [-0.3, -0.25) is 9.59 Å². The molecule has 18 heavy (non-hydrogen) atoms. The van der Waals surface area contributed by atoms with Crippen LogP contribution in [0.4, 0.5) is 4.39 Å². The maximum Gasteiger partial charge on any atom is 0.242 e. The minimum atomic E-state index is -0.558. The summed E-state index contributed by atoms with van der Waals surface area (Å²) in [6.45, 7) is 3.34. The molecule has 0 saturated carbocycles. The number of rotatable bonds is 4. The summed E-state index contributed by atoms with van der Waals surface area (Å²) in [6.07, 6.45) is 0. The smallest absolute Gasteiger partial charge is 0.242 e. The van der Waals surface area contributed by atoms with Gasteiger partial charge in [-0.05, 0) is 24.6 Å². The molecule has 1 aromatic rings. The maximum atomic E-state index is 12.8. The van der Waals surface area contributed by atoms with E-state index in [1.807, 2.05) is 0 Å². The Morgan fingerprint density at radius 3 is 2.33 bits per heavy atom. The van der Waals surface area contributed by atoms with Gasteiger partial charge >= 0.3 is 0 Å². The highest BCUT2D eigenvalue weighted by molar-refractivity contribution is 5.86. The van der Waals surface area contributed by atoms with Crippen molar-refractivity contribution >= 4 is 11.8 Å². The average molecular weight is 252 g/mol. The molecule has 0 bridgehead atoms. The van der Waals surface area contributed by atoms with Gasteiger partial charge in [0.2, 0.25) is 11.8 Å². The van der Waals surface area contributed by atoms with Crippen molar-refractivity contribution in [2.24, 2.45) is 0 Å². The van der Waals surface area contributed by atoms with Gasteiger partial charge in [-0.25, -0.2) is 4.39 Å². The first-order chi connectivity index (χ1) is 8.45. The Kier molecular flexibility index (Phi) is 4.83. The molecule has 2 amide bonds. The molecule has 5 heteroatoms. The van der Waals surface area contributed by atoms with E-state index >= 15 is 0 Å². The summed E-state index contributed by atoms with van der Waals surface area (Å²) in [5.74, 6) is -0.754. The molecule has 0 spiro atoms. The molecule has 4 nitrogen and oxygen atoms in total. The molecular weight excluding hydrogens is 235 g/mol. The Labute approximate surface area is 106 Å². The van der Waals surface area contributed by atoms with Crippen LogP contribution in [-0.4, -0.2) is 29.8 Å². The van der Waals surface area contributed by atoms with Crippen LogP contribution in [0, 0.1) is 5.82 Å². The maximum absolute atomic E-state index is 12.8. The lowest BCUT2D eigenvalue weighted by molar-refractivity contribution is -0.138. The number of carbonyl (C=O) groups is 2. The molecule has 0 fully saturated rings. The summed E-state index contributed by atoms with van der Waals surface area (Å²) < 4.78 is 12.8. The standard InChI is InChI=1S/C13H17FN2O2/c1-9(13(18)15-3)16(10(2)17)8-11-4-6-12(14)7-5-11/h4-7,9H,8H2,1-3H3,(H,15,18)/t9-/m1/s1. The molecule has 0 aliphatic heterocycles. The molecule has 0 radical (unpaired) electrons. The number of hydrogen-bond acceptors (Lipinski definition) is 2. The molecule has 0 heterocycles. The number of nitrogens with zero attached hydrogens (tertiary/aromatic N) is 1. The molecule has 0 aliphatic rings. The molecule has 1 N–H and O–H groups in total. The lowest BCUT2D eigenvalue weighted by atomic mass is 10.1. The van der Waals surface area contributed by atoms with Gasteiger partial charge < -0.3 is 10.2 Å². The number of likely N-dealkylation sites (N-methyl/N-ethyl adjacent to an activating group) is 1. The van der Waals surface area contributed by atoms with Crippen LogP contribution in [0.25, 0.3) is 0 Å². The normalized spacial score (nSPS) is 11.8. The summed E-state index contributed by atoms with van der Waals surface area (Å²) in [6, 6.07) is 5.30. The van der Waals surface area contributed by atoms with Gasteiger partial charge in [0.25, 0.3) is 0 Å². The predicted octanol–water partition coefficient (Wildman–Crippen LogP) is 1.31. The zero-order valence-electron chi connectivity index (χ0n) is 10.7. The van der Waals surface area contributed by atoms with E-state index in [0.29, 0.717) is 0 Å². The Morgan fingerprint density at radius 2 is 1.89 bits per heavy atom. The lowest BCUT2D eigenvalue weighted by Crippen LogP contribution is -2.45. The highest BCUT2D eigenvalue weighted by Crippen LogP contribution is 2.10. The SMILES string of the molecule is CNC(=O)[C@@H](C)N(Cc1ccc(F)cc1)C(C)=O. The Balaban J connectivity index is 2.84. The van der Waals surface area contributed by atoms with Crippen LogP contribution in [0.1, 0.15) is 19.4 Å². The van der Waals surface area contributed by atoms with Crippen molar-refractivity contribution in [3.63, 3.8) is 0 Å². The van der Waals surface area contributed by atoms with Crippen molar-refractivity contribution in [1.82, 2.24) is 10.2 Å². The zero-order valence-corrected chi connectivity index (χ0v) is 10.7. The van der Waals surface area contributed by atoms with E-state index in [9.17, 15) is 14.0 Å². The first-order valence-electron chi connectivity index (χ1n) is 5.69. The van der Waals surface area contributed by atoms with Crippen molar-refractivity contribution in [3.8, 4) is 0 Å². The van der Waals surface area contributed by atoms with Gasteiger partial charge in [0.05, 0.1) is 0 Å². The van der Waals surface area contributed by atoms with Crippen LogP contribution in [0.3, 0.4) is 0 Å². The van der Waals surface area contributed by atoms with E-state index in [2.05, 4.69) is 5.32 Å². The average Bonchev–Trinajstić information content (AvgIpc) is 2.36. The Bertz CT molecular complexity index is 431. The molecule has 0 saturated heterocycles. The van der Waals surface area contributed by atoms with Gasteiger partial charge in [0.1, 0.15) is 11.9 Å². The van der Waals surface area contributed by atoms with Crippen LogP contribution >= 0.6 is 0 Å². The number of carbonyl (C=O) groups excluding carboxylic acids is 2. The molecule has 1 atom stereocenters. The van der Waals surface area contributed by atoms with E-state index in [1.165, 1.54) is 31.0 Å². The van der Waals surface area contributed by atoms with Gasteiger partial charge in [0.15, 0.2) is 0 Å². The third-order valence-electron chi connectivity index (χ3n) is 2.76. The van der Waals surface area contributed by atoms with Gasteiger partial charge in [-0.2, -0.15) is 0 Å². The quantitative estimate of drug-likeness (QED) is 0.878. The van der Waals surface area contributed by atoms with Crippen LogP contribution in [0.2, 0.25) is 0 Å². The number of halogens is 1. The third-order valence-corrected chi connectivity index (χ3v) is 2.76. The fourth-order valence-electron chi connectivity index (χ4n) is 1.66. The van der Waals surface area contributed by atoms with E-state index in [-0.39, 0.29) is 24.2 Å². The molecule has 0 aromatic heterocycles. The topological polar surface area (TPSA) is 49.4 Å². The summed E-state index contributed by atoms with van der Waals surface area (Å²) in [7, 11) is 1.52. The van der Waals surface area contributed by atoms with Crippen molar-refractivity contribution in [2.45, 2.75) is 26.4 Å². The lowest BCUT2D eigenvalue weighted by Gasteiger charge is -2.27. The fourth-order valence-corrected chi connectivity index (χ4v) is 1.66. The summed E-state index contributed by atoms with van der Waals surface area (Å²) in [4.78, 5) is 24.5. The highest BCUT2D eigenvalue weighted by Gasteiger charge is 2.22. The monoisotopic (exact) mass is 252 g/mol. The predicted molar refractivity (Wildman–Crippen MR) is 66.2 cm³/mol. The van der Waals surface area contributed by atoms with E-state index in [0.717, 1.165) is 5.56 Å². The molecule has 0 unspecified atom stereocenters. The fraction of sp³-hybridized carbons (Fsp3) is 0.385. The van der Waals surface area contributed by atoms with Crippen molar-refractivity contribution < 1.29 is 14.0 Å². The molecule has 98 valence electrons. The number of nitrogens with one attached hydrogen (secondary N) is 1. The van der Waals surface area contributed by atoms with E-state index < -0.39 is 6.04 Å². The largest absolute Gasteiger partial charge is 0.357 e. The van der Waals surface area contributed by atoms with Gasteiger partial charge in [0, 0.05) is 20.5 Å². The highest BCUT2D eigenvalue weighted by atomic mass is 19.1. The number of hydrogen-bond donors (Lipinski definition) is 1. The second-order valence-corrected chi connectivity index (χ2v) is 4.06. The van der Waals surface area contributed by atoms with E-state index in [4.69, 9.17) is 0 Å². The zero-order chi connectivity index (χ0) is 13.7. The minimum Gasteiger partial charge on any atom is -0.357 e. The summed E-state index contributed by atoms with van der Waals surface area (Å²) in [5.41, 5.74) is 0.780. The second-order valence-electron chi connectivity index (χ2n) is 4.06. The summed E-state index contributed by atoms with van der Waals surface area (Å²) >= 11 is 0.